The minimum absolute atomic E-state index is 0.105. The zero-order valence-corrected chi connectivity index (χ0v) is 15.6. The van der Waals surface area contributed by atoms with E-state index in [0.717, 1.165) is 29.5 Å². The third-order valence-corrected chi connectivity index (χ3v) is 4.79. The molecule has 0 radical (unpaired) electrons. The molecule has 25 heavy (non-hydrogen) atoms. The quantitative estimate of drug-likeness (QED) is 0.738. The fraction of sp³-hybridized carbons (Fsp3) is 0.600. The molecule has 1 aromatic carbocycles. The van der Waals surface area contributed by atoms with Crippen LogP contribution in [0.3, 0.4) is 0 Å². The van der Waals surface area contributed by atoms with Gasteiger partial charge in [-0.15, -0.1) is 0 Å². The molecule has 0 saturated heterocycles. The molecule has 0 N–H and O–H groups in total. The maximum Gasteiger partial charge on any atom is 0.350 e. The smallest absolute Gasteiger partial charge is 0.350 e. The molecule has 2 rings (SSSR count). The fourth-order valence-corrected chi connectivity index (χ4v) is 3.42. The molecule has 0 bridgehead atoms. The number of methoxy groups -OCH3 is 1. The second kappa shape index (κ2) is 8.48. The maximum absolute atomic E-state index is 12.6. The van der Waals surface area contributed by atoms with Crippen molar-refractivity contribution in [1.29, 1.82) is 0 Å². The predicted octanol–water partition coefficient (Wildman–Crippen LogP) is 3.28. The second-order valence-corrected chi connectivity index (χ2v) is 6.75. The van der Waals surface area contributed by atoms with Crippen LogP contribution < -0.4 is 0 Å². The molecule has 0 aliphatic heterocycles. The number of esters is 2. The Morgan fingerprint density at radius 1 is 1.28 bits per heavy atom. The lowest BCUT2D eigenvalue weighted by molar-refractivity contribution is -0.191. The number of rotatable bonds is 6. The van der Waals surface area contributed by atoms with E-state index in [0.29, 0.717) is 12.8 Å². The van der Waals surface area contributed by atoms with Crippen LogP contribution in [-0.4, -0.2) is 37.4 Å². The molecule has 2 unspecified atom stereocenters. The third-order valence-electron chi connectivity index (χ3n) is 4.79. The van der Waals surface area contributed by atoms with E-state index in [1.54, 1.807) is 14.0 Å². The van der Waals surface area contributed by atoms with Gasteiger partial charge in [0.15, 0.2) is 0 Å². The molecular formula is C20H28O5. The first-order valence-electron chi connectivity index (χ1n) is 8.88. The zero-order chi connectivity index (χ0) is 18.4. The van der Waals surface area contributed by atoms with Crippen molar-refractivity contribution in [2.24, 2.45) is 0 Å². The molecule has 1 aromatic rings. The van der Waals surface area contributed by atoms with E-state index in [1.807, 2.05) is 32.0 Å². The van der Waals surface area contributed by atoms with E-state index in [2.05, 4.69) is 0 Å². The number of ether oxygens (including phenoxy) is 3. The van der Waals surface area contributed by atoms with E-state index in [1.165, 1.54) is 0 Å². The zero-order valence-electron chi connectivity index (χ0n) is 15.6. The van der Waals surface area contributed by atoms with Gasteiger partial charge in [-0.05, 0) is 51.2 Å². The van der Waals surface area contributed by atoms with Gasteiger partial charge >= 0.3 is 11.9 Å². The van der Waals surface area contributed by atoms with Crippen LogP contribution >= 0.6 is 0 Å². The summed E-state index contributed by atoms with van der Waals surface area (Å²) >= 11 is 0. The minimum atomic E-state index is -1.23. The highest BCUT2D eigenvalue weighted by Crippen LogP contribution is 2.35. The maximum atomic E-state index is 12.6. The SMILES string of the molecule is CCOC(=O)C1(OC(=O)Cc2ccc(C)cc2C)CCCC(OC)C1. The highest BCUT2D eigenvalue weighted by atomic mass is 16.6. The third kappa shape index (κ3) is 4.82. The van der Waals surface area contributed by atoms with E-state index < -0.39 is 17.5 Å². The number of carbonyl (C=O) groups is 2. The van der Waals surface area contributed by atoms with Gasteiger partial charge in [0.2, 0.25) is 5.60 Å². The summed E-state index contributed by atoms with van der Waals surface area (Å²) < 4.78 is 16.3. The number of hydrogen-bond donors (Lipinski definition) is 0. The topological polar surface area (TPSA) is 61.8 Å². The molecule has 5 nitrogen and oxygen atoms in total. The molecule has 2 atom stereocenters. The van der Waals surface area contributed by atoms with Gasteiger partial charge in [0, 0.05) is 13.5 Å². The van der Waals surface area contributed by atoms with Crippen LogP contribution in [0.25, 0.3) is 0 Å². The van der Waals surface area contributed by atoms with Crippen molar-refractivity contribution in [3.63, 3.8) is 0 Å². The van der Waals surface area contributed by atoms with Gasteiger partial charge in [-0.1, -0.05) is 23.8 Å². The van der Waals surface area contributed by atoms with Gasteiger partial charge in [-0.3, -0.25) is 4.79 Å². The van der Waals surface area contributed by atoms with E-state index >= 15 is 0 Å². The van der Waals surface area contributed by atoms with Gasteiger partial charge in [0.05, 0.1) is 19.1 Å². The standard InChI is InChI=1S/C20H28O5/c1-5-24-19(22)20(10-6-7-17(13-20)23-4)25-18(21)12-16-9-8-14(2)11-15(16)3/h8-9,11,17H,5-7,10,12-13H2,1-4H3. The van der Waals surface area contributed by atoms with Gasteiger partial charge in [0.1, 0.15) is 0 Å². The molecule has 138 valence electrons. The Kier molecular flexibility index (Phi) is 6.59. The minimum Gasteiger partial charge on any atom is -0.463 e. The van der Waals surface area contributed by atoms with Crippen LogP contribution in [0.2, 0.25) is 0 Å². The number of benzene rings is 1. The molecule has 5 heteroatoms. The lowest BCUT2D eigenvalue weighted by Gasteiger charge is -2.37. The van der Waals surface area contributed by atoms with Gasteiger partial charge in [-0.2, -0.15) is 0 Å². The molecule has 0 aromatic heterocycles. The van der Waals surface area contributed by atoms with Crippen molar-refractivity contribution >= 4 is 11.9 Å². The van der Waals surface area contributed by atoms with Crippen molar-refractivity contribution in [2.45, 2.75) is 64.6 Å². The van der Waals surface area contributed by atoms with Gasteiger partial charge < -0.3 is 14.2 Å². The molecule has 1 saturated carbocycles. The molecule has 1 aliphatic rings. The lowest BCUT2D eigenvalue weighted by atomic mass is 9.82. The first-order valence-corrected chi connectivity index (χ1v) is 8.88. The number of aryl methyl sites for hydroxylation is 2. The molecule has 0 amide bonds. The van der Waals surface area contributed by atoms with Crippen LogP contribution in [0.15, 0.2) is 18.2 Å². The van der Waals surface area contributed by atoms with Crippen molar-refractivity contribution < 1.29 is 23.8 Å². The van der Waals surface area contributed by atoms with E-state index in [9.17, 15) is 9.59 Å². The Hall–Kier alpha value is -1.88. The summed E-state index contributed by atoms with van der Waals surface area (Å²) in [5, 5.41) is 0. The summed E-state index contributed by atoms with van der Waals surface area (Å²) in [5.41, 5.74) is 1.87. The van der Waals surface area contributed by atoms with Crippen LogP contribution in [0.1, 0.15) is 49.3 Å². The van der Waals surface area contributed by atoms with Crippen molar-refractivity contribution in [2.75, 3.05) is 13.7 Å². The normalized spacial score (nSPS) is 23.1. The van der Waals surface area contributed by atoms with Gasteiger partial charge in [0.25, 0.3) is 0 Å². The Morgan fingerprint density at radius 2 is 2.04 bits per heavy atom. The van der Waals surface area contributed by atoms with Crippen molar-refractivity contribution in [3.8, 4) is 0 Å². The highest BCUT2D eigenvalue weighted by molar-refractivity contribution is 5.84. The Morgan fingerprint density at radius 3 is 2.68 bits per heavy atom. The molecular weight excluding hydrogens is 320 g/mol. The monoisotopic (exact) mass is 348 g/mol. The Labute approximate surface area is 149 Å². The van der Waals surface area contributed by atoms with Crippen molar-refractivity contribution in [3.05, 3.63) is 34.9 Å². The van der Waals surface area contributed by atoms with E-state index in [-0.39, 0.29) is 19.1 Å². The average Bonchev–Trinajstić information content (AvgIpc) is 2.57. The first-order chi connectivity index (χ1) is 11.9. The van der Waals surface area contributed by atoms with E-state index in [4.69, 9.17) is 14.2 Å². The lowest BCUT2D eigenvalue weighted by Crippen LogP contribution is -2.50. The van der Waals surface area contributed by atoms with Crippen LogP contribution in [0.5, 0.6) is 0 Å². The van der Waals surface area contributed by atoms with Crippen molar-refractivity contribution in [1.82, 2.24) is 0 Å². The van der Waals surface area contributed by atoms with Crippen LogP contribution in [0, 0.1) is 13.8 Å². The molecule has 1 fully saturated rings. The largest absolute Gasteiger partial charge is 0.463 e. The summed E-state index contributed by atoms with van der Waals surface area (Å²) in [5.74, 6) is -0.873. The molecule has 1 aliphatic carbocycles. The summed E-state index contributed by atoms with van der Waals surface area (Å²) in [7, 11) is 1.61. The fourth-order valence-electron chi connectivity index (χ4n) is 3.42. The molecule has 0 spiro atoms. The summed E-state index contributed by atoms with van der Waals surface area (Å²) in [6.07, 6.45) is 2.48. The predicted molar refractivity (Wildman–Crippen MR) is 94.3 cm³/mol. The van der Waals surface area contributed by atoms with Crippen LogP contribution in [0.4, 0.5) is 0 Å². The number of carbonyl (C=O) groups excluding carboxylic acids is 2. The number of hydrogen-bond acceptors (Lipinski definition) is 5. The Bertz CT molecular complexity index is 625. The average molecular weight is 348 g/mol. The first kappa shape index (κ1) is 19.4. The highest BCUT2D eigenvalue weighted by Gasteiger charge is 2.48. The van der Waals surface area contributed by atoms with Gasteiger partial charge in [-0.25, -0.2) is 4.79 Å². The summed E-state index contributed by atoms with van der Waals surface area (Å²) in [4.78, 5) is 25.1. The Balaban J connectivity index is 2.15. The summed E-state index contributed by atoms with van der Waals surface area (Å²) in [6, 6.07) is 5.94. The van der Waals surface area contributed by atoms with Crippen LogP contribution in [-0.2, 0) is 30.2 Å². The second-order valence-electron chi connectivity index (χ2n) is 6.75. The molecule has 0 heterocycles. The summed E-state index contributed by atoms with van der Waals surface area (Å²) in [6.45, 7) is 5.99.